The zero-order chi connectivity index (χ0) is 16.8. The summed E-state index contributed by atoms with van der Waals surface area (Å²) >= 11 is 0. The van der Waals surface area contributed by atoms with Gasteiger partial charge in [0.15, 0.2) is 0 Å². The topological polar surface area (TPSA) is 93.2 Å². The lowest BCUT2D eigenvalue weighted by Gasteiger charge is -2.50. The Morgan fingerprint density at radius 1 is 1.29 bits per heavy atom. The zero-order valence-electron chi connectivity index (χ0n) is 13.8. The summed E-state index contributed by atoms with van der Waals surface area (Å²) in [5, 5.41) is 3.06. The Morgan fingerprint density at radius 2 is 2.04 bits per heavy atom. The lowest BCUT2D eigenvalue weighted by molar-refractivity contribution is -0.0784. The highest BCUT2D eigenvalue weighted by molar-refractivity contribution is 5.93. The molecule has 1 amide bonds. The molecule has 4 rings (SSSR count). The van der Waals surface area contributed by atoms with Gasteiger partial charge < -0.3 is 14.6 Å². The van der Waals surface area contributed by atoms with Crippen LogP contribution < -0.4 is 16.6 Å². The summed E-state index contributed by atoms with van der Waals surface area (Å²) in [5.74, 6) is 0.917. The number of rotatable bonds is 3. The molecule has 1 aliphatic heterocycles. The minimum atomic E-state index is -0.633. The number of aromatic amines is 1. The number of amides is 1. The molecule has 1 saturated heterocycles. The van der Waals surface area contributed by atoms with E-state index in [1.54, 1.807) is 0 Å². The summed E-state index contributed by atoms with van der Waals surface area (Å²) in [7, 11) is 1.51. The van der Waals surface area contributed by atoms with Crippen molar-refractivity contribution < 1.29 is 9.53 Å². The van der Waals surface area contributed by atoms with E-state index in [1.165, 1.54) is 43.5 Å². The Bertz CT molecular complexity index is 757. The molecular formula is C17H23N3O4. The van der Waals surface area contributed by atoms with E-state index in [2.05, 4.69) is 10.3 Å². The van der Waals surface area contributed by atoms with Gasteiger partial charge in [-0.3, -0.25) is 14.6 Å². The van der Waals surface area contributed by atoms with E-state index >= 15 is 0 Å². The van der Waals surface area contributed by atoms with E-state index in [1.807, 2.05) is 0 Å². The van der Waals surface area contributed by atoms with Crippen molar-refractivity contribution in [1.29, 1.82) is 0 Å². The molecule has 130 valence electrons. The van der Waals surface area contributed by atoms with Crippen LogP contribution in [0.4, 0.5) is 0 Å². The fraction of sp³-hybridized carbons (Fsp3) is 0.706. The van der Waals surface area contributed by atoms with Crippen molar-refractivity contribution >= 4 is 5.91 Å². The molecule has 0 unspecified atom stereocenters. The molecule has 3 aliphatic rings. The molecule has 2 N–H and O–H groups in total. The Hall–Kier alpha value is -1.89. The van der Waals surface area contributed by atoms with Gasteiger partial charge in [0, 0.05) is 37.7 Å². The number of nitrogens with zero attached hydrogens (tertiary/aromatic N) is 1. The summed E-state index contributed by atoms with van der Waals surface area (Å²) in [5.41, 5.74) is -1.16. The third-order valence-electron chi connectivity index (χ3n) is 6.03. The second-order valence-electron chi connectivity index (χ2n) is 7.32. The van der Waals surface area contributed by atoms with Gasteiger partial charge in [0.2, 0.25) is 0 Å². The van der Waals surface area contributed by atoms with Crippen LogP contribution in [0, 0.1) is 17.8 Å². The maximum Gasteiger partial charge on any atom is 0.328 e. The van der Waals surface area contributed by atoms with E-state index in [0.717, 1.165) is 13.0 Å². The van der Waals surface area contributed by atoms with Gasteiger partial charge in [-0.2, -0.15) is 0 Å². The summed E-state index contributed by atoms with van der Waals surface area (Å²) < 4.78 is 7.10. The third-order valence-corrected chi connectivity index (χ3v) is 6.03. The van der Waals surface area contributed by atoms with E-state index in [0.29, 0.717) is 17.8 Å². The van der Waals surface area contributed by atoms with Gasteiger partial charge in [-0.1, -0.05) is 25.7 Å². The van der Waals surface area contributed by atoms with Crippen molar-refractivity contribution in [2.24, 2.45) is 24.8 Å². The summed E-state index contributed by atoms with van der Waals surface area (Å²) in [6.07, 6.45) is 7.43. The molecule has 4 atom stereocenters. The molecular weight excluding hydrogens is 310 g/mol. The first-order chi connectivity index (χ1) is 11.6. The van der Waals surface area contributed by atoms with Crippen molar-refractivity contribution in [3.8, 4) is 0 Å². The molecule has 0 bridgehead atoms. The third kappa shape index (κ3) is 2.42. The Kier molecular flexibility index (Phi) is 3.83. The molecule has 0 spiro atoms. The van der Waals surface area contributed by atoms with E-state index < -0.39 is 17.2 Å². The number of aromatic nitrogens is 2. The van der Waals surface area contributed by atoms with Crippen LogP contribution in [0.15, 0.2) is 15.8 Å². The number of nitrogens with one attached hydrogen (secondary N) is 2. The predicted molar refractivity (Wildman–Crippen MR) is 86.9 cm³/mol. The fourth-order valence-electron chi connectivity index (χ4n) is 4.81. The summed E-state index contributed by atoms with van der Waals surface area (Å²) in [6, 6.07) is 0.0738. The molecule has 3 fully saturated rings. The maximum absolute atomic E-state index is 12.6. The molecule has 2 aliphatic carbocycles. The Morgan fingerprint density at radius 3 is 2.79 bits per heavy atom. The normalized spacial score (nSPS) is 32.4. The zero-order valence-corrected chi connectivity index (χ0v) is 13.8. The SMILES string of the molecule is Cn1cc(C(=O)N[C@H]2[C@@H]3CCO[C@@H]3[C@@H]2C2CCCC2)c(=O)[nH]c1=O. The number of hydrogen-bond donors (Lipinski definition) is 2. The number of carbonyl (C=O) groups is 1. The predicted octanol–water partition coefficient (Wildman–Crippen LogP) is 0.397. The quantitative estimate of drug-likeness (QED) is 0.837. The van der Waals surface area contributed by atoms with Crippen LogP contribution in [0.3, 0.4) is 0 Å². The van der Waals surface area contributed by atoms with Crippen molar-refractivity contribution in [2.45, 2.75) is 44.2 Å². The highest BCUT2D eigenvalue weighted by Crippen LogP contribution is 2.51. The maximum atomic E-state index is 12.6. The smallest absolute Gasteiger partial charge is 0.328 e. The number of fused-ring (bicyclic) bond motifs is 1. The number of hydrogen-bond acceptors (Lipinski definition) is 4. The van der Waals surface area contributed by atoms with Crippen LogP contribution in [0.25, 0.3) is 0 Å². The average molecular weight is 333 g/mol. The molecule has 1 aromatic rings. The van der Waals surface area contributed by atoms with Crippen LogP contribution in [0.1, 0.15) is 42.5 Å². The van der Waals surface area contributed by atoms with Gasteiger partial charge in [0.05, 0.1) is 6.10 Å². The minimum absolute atomic E-state index is 0.00960. The lowest BCUT2D eigenvalue weighted by atomic mass is 9.61. The highest BCUT2D eigenvalue weighted by atomic mass is 16.5. The Labute approximate surface area is 139 Å². The second-order valence-corrected chi connectivity index (χ2v) is 7.32. The van der Waals surface area contributed by atoms with Gasteiger partial charge in [0.1, 0.15) is 5.56 Å². The van der Waals surface area contributed by atoms with Gasteiger partial charge in [-0.15, -0.1) is 0 Å². The first-order valence-electron chi connectivity index (χ1n) is 8.78. The molecule has 7 nitrogen and oxygen atoms in total. The van der Waals surface area contributed by atoms with Crippen LogP contribution in [-0.2, 0) is 11.8 Å². The van der Waals surface area contributed by atoms with Crippen molar-refractivity contribution in [1.82, 2.24) is 14.9 Å². The van der Waals surface area contributed by atoms with E-state index in [4.69, 9.17) is 4.74 Å². The molecule has 24 heavy (non-hydrogen) atoms. The standard InChI is InChI=1S/C17H23N3O4/c1-20-8-11(16(22)19-17(20)23)15(21)18-13-10-6-7-24-14(10)12(13)9-4-2-3-5-9/h8-10,12-14H,2-7H2,1H3,(H,18,21)(H,19,22,23)/t10-,12+,13-,14-/m0/s1. The second kappa shape index (κ2) is 5.88. The number of carbonyl (C=O) groups excluding carboxylic acids is 1. The van der Waals surface area contributed by atoms with Gasteiger partial charge in [0.25, 0.3) is 11.5 Å². The molecule has 2 heterocycles. The monoisotopic (exact) mass is 333 g/mol. The van der Waals surface area contributed by atoms with Crippen LogP contribution in [0.2, 0.25) is 0 Å². The molecule has 2 saturated carbocycles. The van der Waals surface area contributed by atoms with Gasteiger partial charge in [-0.05, 0) is 12.3 Å². The van der Waals surface area contributed by atoms with Crippen molar-refractivity contribution in [2.75, 3.05) is 6.61 Å². The fourth-order valence-corrected chi connectivity index (χ4v) is 4.81. The Balaban J connectivity index is 1.55. The first kappa shape index (κ1) is 15.6. The molecule has 0 aromatic carbocycles. The van der Waals surface area contributed by atoms with Gasteiger partial charge >= 0.3 is 5.69 Å². The van der Waals surface area contributed by atoms with Crippen molar-refractivity contribution in [3.63, 3.8) is 0 Å². The van der Waals surface area contributed by atoms with Crippen LogP contribution >= 0.6 is 0 Å². The van der Waals surface area contributed by atoms with Crippen LogP contribution in [-0.4, -0.2) is 34.2 Å². The van der Waals surface area contributed by atoms with E-state index in [9.17, 15) is 14.4 Å². The lowest BCUT2D eigenvalue weighted by Crippen LogP contribution is -2.63. The molecule has 1 aromatic heterocycles. The minimum Gasteiger partial charge on any atom is -0.377 e. The molecule has 7 heteroatoms. The summed E-state index contributed by atoms with van der Waals surface area (Å²) in [4.78, 5) is 38.1. The number of ether oxygens (including phenoxy) is 1. The first-order valence-corrected chi connectivity index (χ1v) is 8.78. The number of H-pyrrole nitrogens is 1. The van der Waals surface area contributed by atoms with Crippen molar-refractivity contribution in [3.05, 3.63) is 32.6 Å². The highest BCUT2D eigenvalue weighted by Gasteiger charge is 2.57. The number of aryl methyl sites for hydroxylation is 1. The summed E-state index contributed by atoms with van der Waals surface area (Å²) in [6.45, 7) is 0.755. The van der Waals surface area contributed by atoms with E-state index in [-0.39, 0.29) is 17.7 Å². The van der Waals surface area contributed by atoms with Gasteiger partial charge in [-0.25, -0.2) is 4.79 Å². The average Bonchev–Trinajstić information content (AvgIpc) is 3.19. The van der Waals surface area contributed by atoms with Crippen LogP contribution in [0.5, 0.6) is 0 Å². The molecule has 0 radical (unpaired) electrons. The largest absolute Gasteiger partial charge is 0.377 e.